The first-order valence-electron chi connectivity index (χ1n) is 6.68. The van der Waals surface area contributed by atoms with E-state index in [1.165, 1.54) is 25.1 Å². The first-order chi connectivity index (χ1) is 8.24. The molecule has 2 unspecified atom stereocenters. The Hall–Kier alpha value is -0.870. The fraction of sp³-hybridized carbons (Fsp3) is 0.769. The van der Waals surface area contributed by atoms with Gasteiger partial charge in [-0.2, -0.15) is 5.10 Å². The van der Waals surface area contributed by atoms with Crippen LogP contribution in [-0.2, 0) is 7.05 Å². The Kier molecular flexibility index (Phi) is 4.18. The molecular weight excluding hydrogens is 212 g/mol. The fourth-order valence-electron chi connectivity index (χ4n) is 2.84. The van der Waals surface area contributed by atoms with E-state index in [2.05, 4.69) is 35.2 Å². The second-order valence-corrected chi connectivity index (χ2v) is 4.94. The maximum absolute atomic E-state index is 4.28. The molecule has 0 aromatic carbocycles. The van der Waals surface area contributed by atoms with Gasteiger partial charge in [0.15, 0.2) is 0 Å². The summed E-state index contributed by atoms with van der Waals surface area (Å²) in [5.74, 6) is 0. The molecule has 1 fully saturated rings. The van der Waals surface area contributed by atoms with Gasteiger partial charge in [-0.05, 0) is 38.9 Å². The molecule has 4 heteroatoms. The third-order valence-corrected chi connectivity index (χ3v) is 3.77. The van der Waals surface area contributed by atoms with Crippen molar-refractivity contribution in [2.24, 2.45) is 7.05 Å². The number of aryl methyl sites for hydroxylation is 1. The third kappa shape index (κ3) is 2.69. The molecule has 1 aromatic heterocycles. The Balaban J connectivity index is 2.12. The Bertz CT molecular complexity index is 341. The van der Waals surface area contributed by atoms with Crippen molar-refractivity contribution in [1.82, 2.24) is 20.0 Å². The summed E-state index contributed by atoms with van der Waals surface area (Å²) in [7, 11) is 2.03. The zero-order valence-electron chi connectivity index (χ0n) is 11.2. The predicted octanol–water partition coefficient (Wildman–Crippen LogP) is 1.55. The van der Waals surface area contributed by atoms with Crippen LogP contribution in [0.2, 0.25) is 0 Å². The summed E-state index contributed by atoms with van der Waals surface area (Å²) in [5.41, 5.74) is 1.31. The van der Waals surface area contributed by atoms with E-state index in [4.69, 9.17) is 0 Å². The van der Waals surface area contributed by atoms with Gasteiger partial charge in [0.25, 0.3) is 0 Å². The number of aromatic nitrogens is 2. The van der Waals surface area contributed by atoms with Crippen LogP contribution in [0.5, 0.6) is 0 Å². The summed E-state index contributed by atoms with van der Waals surface area (Å²) in [6.07, 6.45) is 4.36. The van der Waals surface area contributed by atoms with Gasteiger partial charge in [-0.25, -0.2) is 0 Å². The predicted molar refractivity (Wildman–Crippen MR) is 69.9 cm³/mol. The normalized spacial score (nSPS) is 22.2. The van der Waals surface area contributed by atoms with Gasteiger partial charge < -0.3 is 5.32 Å². The highest BCUT2D eigenvalue weighted by molar-refractivity contribution is 5.06. The maximum atomic E-state index is 4.28. The molecule has 96 valence electrons. The molecule has 1 aliphatic rings. The number of nitrogens with zero attached hydrogens (tertiary/aromatic N) is 3. The summed E-state index contributed by atoms with van der Waals surface area (Å²) < 4.78 is 2.00. The standard InChI is InChI=1S/C13H24N4/c1-4-9-17(12-5-7-14-10-12)11(2)13-6-8-15-16(13)3/h6,8,11-12,14H,4-5,7,9-10H2,1-3H3. The highest BCUT2D eigenvalue weighted by atomic mass is 15.3. The van der Waals surface area contributed by atoms with Gasteiger partial charge in [0.2, 0.25) is 0 Å². The number of hydrogen-bond donors (Lipinski definition) is 1. The molecule has 0 aliphatic carbocycles. The molecule has 4 nitrogen and oxygen atoms in total. The van der Waals surface area contributed by atoms with Crippen LogP contribution in [0.25, 0.3) is 0 Å². The largest absolute Gasteiger partial charge is 0.315 e. The smallest absolute Gasteiger partial charge is 0.0549 e. The van der Waals surface area contributed by atoms with E-state index in [1.54, 1.807) is 0 Å². The number of rotatable bonds is 5. The first kappa shape index (κ1) is 12.6. The van der Waals surface area contributed by atoms with E-state index in [0.29, 0.717) is 12.1 Å². The van der Waals surface area contributed by atoms with Gasteiger partial charge in [0, 0.05) is 31.9 Å². The molecule has 0 spiro atoms. The molecule has 17 heavy (non-hydrogen) atoms. The Morgan fingerprint density at radius 2 is 2.47 bits per heavy atom. The van der Waals surface area contributed by atoms with Crippen molar-refractivity contribution in [2.75, 3.05) is 19.6 Å². The van der Waals surface area contributed by atoms with Crippen molar-refractivity contribution in [2.45, 2.75) is 38.8 Å². The number of nitrogens with one attached hydrogen (secondary N) is 1. The van der Waals surface area contributed by atoms with E-state index >= 15 is 0 Å². The summed E-state index contributed by atoms with van der Waals surface area (Å²) in [4.78, 5) is 2.62. The van der Waals surface area contributed by atoms with E-state index in [0.717, 1.165) is 13.1 Å². The zero-order chi connectivity index (χ0) is 12.3. The molecule has 1 saturated heterocycles. The van der Waals surface area contributed by atoms with Crippen molar-refractivity contribution < 1.29 is 0 Å². The van der Waals surface area contributed by atoms with Crippen LogP contribution >= 0.6 is 0 Å². The van der Waals surface area contributed by atoms with Gasteiger partial charge in [-0.3, -0.25) is 9.58 Å². The van der Waals surface area contributed by atoms with Crippen LogP contribution in [0.3, 0.4) is 0 Å². The topological polar surface area (TPSA) is 33.1 Å². The van der Waals surface area contributed by atoms with Crippen LogP contribution in [0, 0.1) is 0 Å². The van der Waals surface area contributed by atoms with Crippen LogP contribution in [0.4, 0.5) is 0 Å². The molecule has 1 aliphatic heterocycles. The molecule has 1 N–H and O–H groups in total. The summed E-state index contributed by atoms with van der Waals surface area (Å²) in [6, 6.07) is 3.27. The van der Waals surface area contributed by atoms with Gasteiger partial charge in [0.05, 0.1) is 5.69 Å². The van der Waals surface area contributed by atoms with Crippen molar-refractivity contribution in [3.8, 4) is 0 Å². The van der Waals surface area contributed by atoms with Crippen LogP contribution in [0.15, 0.2) is 12.3 Å². The van der Waals surface area contributed by atoms with Gasteiger partial charge in [-0.1, -0.05) is 6.92 Å². The van der Waals surface area contributed by atoms with Crippen molar-refractivity contribution >= 4 is 0 Å². The van der Waals surface area contributed by atoms with E-state index in [9.17, 15) is 0 Å². The van der Waals surface area contributed by atoms with Gasteiger partial charge in [0.1, 0.15) is 0 Å². The summed E-state index contributed by atoms with van der Waals surface area (Å²) >= 11 is 0. The second-order valence-electron chi connectivity index (χ2n) is 4.94. The van der Waals surface area contributed by atoms with Crippen LogP contribution in [-0.4, -0.2) is 40.4 Å². The quantitative estimate of drug-likeness (QED) is 0.842. The van der Waals surface area contributed by atoms with Crippen LogP contribution in [0.1, 0.15) is 38.4 Å². The fourth-order valence-corrected chi connectivity index (χ4v) is 2.84. The Labute approximate surface area is 104 Å². The molecule has 2 atom stereocenters. The highest BCUT2D eigenvalue weighted by Gasteiger charge is 2.27. The van der Waals surface area contributed by atoms with E-state index in [1.807, 2.05) is 17.9 Å². The second kappa shape index (κ2) is 5.65. The lowest BCUT2D eigenvalue weighted by atomic mass is 10.1. The monoisotopic (exact) mass is 236 g/mol. The average molecular weight is 236 g/mol. The lowest BCUT2D eigenvalue weighted by Gasteiger charge is -2.33. The van der Waals surface area contributed by atoms with Crippen molar-refractivity contribution in [3.63, 3.8) is 0 Å². The first-order valence-corrected chi connectivity index (χ1v) is 6.68. The van der Waals surface area contributed by atoms with Gasteiger partial charge >= 0.3 is 0 Å². The zero-order valence-corrected chi connectivity index (χ0v) is 11.2. The summed E-state index contributed by atoms with van der Waals surface area (Å²) in [6.45, 7) is 8.00. The lowest BCUT2D eigenvalue weighted by molar-refractivity contribution is 0.148. The third-order valence-electron chi connectivity index (χ3n) is 3.77. The summed E-state index contributed by atoms with van der Waals surface area (Å²) in [5, 5.41) is 7.74. The highest BCUT2D eigenvalue weighted by Crippen LogP contribution is 2.24. The molecule has 0 bridgehead atoms. The minimum absolute atomic E-state index is 0.451. The van der Waals surface area contributed by atoms with E-state index in [-0.39, 0.29) is 0 Å². The lowest BCUT2D eigenvalue weighted by Crippen LogP contribution is -2.39. The molecule has 0 radical (unpaired) electrons. The van der Waals surface area contributed by atoms with Crippen molar-refractivity contribution in [1.29, 1.82) is 0 Å². The minimum atomic E-state index is 0.451. The van der Waals surface area contributed by atoms with Crippen LogP contribution < -0.4 is 5.32 Å². The molecule has 2 heterocycles. The molecule has 0 amide bonds. The van der Waals surface area contributed by atoms with E-state index < -0.39 is 0 Å². The SMILES string of the molecule is CCCN(C1CCNC1)C(C)c1ccnn1C. The molecular formula is C13H24N4. The Morgan fingerprint density at radius 3 is 3.00 bits per heavy atom. The van der Waals surface area contributed by atoms with Gasteiger partial charge in [-0.15, -0.1) is 0 Å². The maximum Gasteiger partial charge on any atom is 0.0549 e. The Morgan fingerprint density at radius 1 is 1.65 bits per heavy atom. The van der Waals surface area contributed by atoms with Crippen molar-refractivity contribution in [3.05, 3.63) is 18.0 Å². The average Bonchev–Trinajstić information content (AvgIpc) is 2.95. The molecule has 0 saturated carbocycles. The molecule has 2 rings (SSSR count). The minimum Gasteiger partial charge on any atom is -0.315 e. The molecule has 1 aromatic rings. The number of hydrogen-bond acceptors (Lipinski definition) is 3.